The number of carbonyl (C=O) groups excluding carboxylic acids is 1. The second-order valence-corrected chi connectivity index (χ2v) is 7.05. The molecule has 1 unspecified atom stereocenters. The van der Waals surface area contributed by atoms with Crippen LogP contribution in [0.15, 0.2) is 53.3 Å². The predicted octanol–water partition coefficient (Wildman–Crippen LogP) is 3.46. The maximum Gasteiger partial charge on any atom is 0.269 e. The second-order valence-electron chi connectivity index (χ2n) is 6.20. The number of nitrogens with one attached hydrogen (secondary N) is 1. The molecule has 0 spiro atoms. The van der Waals surface area contributed by atoms with E-state index in [1.54, 1.807) is 16.8 Å². The van der Waals surface area contributed by atoms with Crippen molar-refractivity contribution in [3.8, 4) is 5.75 Å². The molecule has 0 saturated heterocycles. The highest BCUT2D eigenvalue weighted by Gasteiger charge is 2.28. The molecule has 1 amide bonds. The van der Waals surface area contributed by atoms with Gasteiger partial charge in [-0.25, -0.2) is 4.68 Å². The Bertz CT molecular complexity index is 1050. The quantitative estimate of drug-likeness (QED) is 0.477. The lowest BCUT2D eigenvalue weighted by atomic mass is 10.0. The van der Waals surface area contributed by atoms with Gasteiger partial charge in [-0.3, -0.25) is 20.2 Å². The second kappa shape index (κ2) is 7.39. The highest BCUT2D eigenvalue weighted by atomic mass is 79.9. The van der Waals surface area contributed by atoms with E-state index in [9.17, 15) is 14.9 Å². The maximum absolute atomic E-state index is 11.9. The van der Waals surface area contributed by atoms with Crippen LogP contribution in [0.4, 0.5) is 11.6 Å². The molecule has 4 rings (SSSR count). The van der Waals surface area contributed by atoms with Gasteiger partial charge in [-0.05, 0) is 51.3 Å². The molecule has 0 bridgehead atoms. The van der Waals surface area contributed by atoms with Crippen molar-refractivity contribution >= 4 is 33.5 Å². The van der Waals surface area contributed by atoms with Crippen molar-refractivity contribution in [3.05, 3.63) is 74.5 Å². The van der Waals surface area contributed by atoms with Crippen molar-refractivity contribution in [2.75, 3.05) is 5.32 Å². The van der Waals surface area contributed by atoms with E-state index < -0.39 is 4.92 Å². The van der Waals surface area contributed by atoms with Crippen LogP contribution in [0.1, 0.15) is 23.6 Å². The first-order valence-electron chi connectivity index (χ1n) is 8.36. The zero-order valence-electron chi connectivity index (χ0n) is 14.4. The predicted molar refractivity (Wildman–Crippen MR) is 103 cm³/mol. The fourth-order valence-electron chi connectivity index (χ4n) is 2.98. The Morgan fingerprint density at radius 2 is 2.07 bits per heavy atom. The Morgan fingerprint density at radius 3 is 2.79 bits per heavy atom. The first-order chi connectivity index (χ1) is 13.5. The Labute approximate surface area is 167 Å². The molecular formula is C18H14BrN5O4. The Balaban J connectivity index is 1.49. The average Bonchev–Trinajstić information content (AvgIpc) is 3.15. The summed E-state index contributed by atoms with van der Waals surface area (Å²) in [5, 5.41) is 17.6. The van der Waals surface area contributed by atoms with E-state index in [4.69, 9.17) is 4.74 Å². The third kappa shape index (κ3) is 3.58. The summed E-state index contributed by atoms with van der Waals surface area (Å²) in [5.41, 5.74) is 1.76. The van der Waals surface area contributed by atoms with Gasteiger partial charge < -0.3 is 4.74 Å². The summed E-state index contributed by atoms with van der Waals surface area (Å²) in [4.78, 5) is 26.2. The molecular weight excluding hydrogens is 430 g/mol. The number of halogens is 1. The summed E-state index contributed by atoms with van der Waals surface area (Å²) in [6.07, 6.45) is 1.68. The molecule has 2 aromatic carbocycles. The van der Waals surface area contributed by atoms with Crippen molar-refractivity contribution in [1.82, 2.24) is 14.8 Å². The van der Waals surface area contributed by atoms with E-state index in [0.717, 1.165) is 15.6 Å². The molecule has 28 heavy (non-hydrogen) atoms. The number of carbonyl (C=O) groups is 1. The van der Waals surface area contributed by atoms with Gasteiger partial charge in [0.25, 0.3) is 5.69 Å². The SMILES string of the molecule is O=C1CC(c2ccc(OCc3ccc([N+](=O)[O-])cc3)c(Br)c2)n2ncnc2N1. The molecule has 1 atom stereocenters. The van der Waals surface area contributed by atoms with Crippen LogP contribution in [0.25, 0.3) is 0 Å². The van der Waals surface area contributed by atoms with Crippen molar-refractivity contribution in [1.29, 1.82) is 0 Å². The van der Waals surface area contributed by atoms with E-state index in [0.29, 0.717) is 11.7 Å². The van der Waals surface area contributed by atoms with Crippen molar-refractivity contribution in [2.24, 2.45) is 0 Å². The number of hydrogen-bond acceptors (Lipinski definition) is 6. The number of nitro benzene ring substituents is 1. The van der Waals surface area contributed by atoms with Gasteiger partial charge in [0, 0.05) is 12.1 Å². The Kier molecular flexibility index (Phi) is 4.78. The van der Waals surface area contributed by atoms with Crippen LogP contribution in [0.3, 0.4) is 0 Å². The minimum Gasteiger partial charge on any atom is -0.488 e. The van der Waals surface area contributed by atoms with Gasteiger partial charge in [0.1, 0.15) is 18.7 Å². The molecule has 1 N–H and O–H groups in total. The van der Waals surface area contributed by atoms with Crippen LogP contribution in [-0.4, -0.2) is 25.6 Å². The molecule has 1 aliphatic heterocycles. The maximum atomic E-state index is 11.9. The molecule has 3 aromatic rings. The van der Waals surface area contributed by atoms with Gasteiger partial charge in [0.15, 0.2) is 0 Å². The molecule has 1 aliphatic rings. The molecule has 0 saturated carbocycles. The van der Waals surface area contributed by atoms with Crippen LogP contribution >= 0.6 is 15.9 Å². The zero-order chi connectivity index (χ0) is 19.7. The van der Waals surface area contributed by atoms with Gasteiger partial charge in [-0.2, -0.15) is 10.1 Å². The number of non-ortho nitro benzene ring substituents is 1. The van der Waals surface area contributed by atoms with Crippen LogP contribution in [0, 0.1) is 10.1 Å². The monoisotopic (exact) mass is 443 g/mol. The van der Waals surface area contributed by atoms with E-state index in [1.165, 1.54) is 18.5 Å². The zero-order valence-corrected chi connectivity index (χ0v) is 16.0. The van der Waals surface area contributed by atoms with Crippen molar-refractivity contribution in [3.63, 3.8) is 0 Å². The summed E-state index contributed by atoms with van der Waals surface area (Å²) in [7, 11) is 0. The molecule has 2 heterocycles. The van der Waals surface area contributed by atoms with Crippen molar-refractivity contribution < 1.29 is 14.5 Å². The van der Waals surface area contributed by atoms with Crippen LogP contribution in [0.5, 0.6) is 5.75 Å². The lowest BCUT2D eigenvalue weighted by Crippen LogP contribution is -2.29. The number of rotatable bonds is 5. The number of nitro groups is 1. The Hall–Kier alpha value is -3.27. The van der Waals surface area contributed by atoms with Crippen LogP contribution in [0.2, 0.25) is 0 Å². The fraction of sp³-hybridized carbons (Fsp3) is 0.167. The van der Waals surface area contributed by atoms with E-state index in [-0.39, 0.29) is 30.7 Å². The number of aromatic nitrogens is 3. The number of benzene rings is 2. The molecule has 10 heteroatoms. The normalized spacial score (nSPS) is 15.6. The molecule has 9 nitrogen and oxygen atoms in total. The smallest absolute Gasteiger partial charge is 0.269 e. The first-order valence-corrected chi connectivity index (χ1v) is 9.15. The molecule has 1 aromatic heterocycles. The summed E-state index contributed by atoms with van der Waals surface area (Å²) >= 11 is 3.50. The molecule has 142 valence electrons. The lowest BCUT2D eigenvalue weighted by molar-refractivity contribution is -0.384. The van der Waals surface area contributed by atoms with E-state index in [1.807, 2.05) is 18.2 Å². The minimum absolute atomic E-state index is 0.0401. The highest BCUT2D eigenvalue weighted by Crippen LogP contribution is 2.34. The van der Waals surface area contributed by atoms with Gasteiger partial charge in [-0.15, -0.1) is 0 Å². The third-order valence-electron chi connectivity index (χ3n) is 4.38. The number of amides is 1. The van der Waals surface area contributed by atoms with Crippen LogP contribution < -0.4 is 10.1 Å². The first kappa shape index (κ1) is 18.1. The van der Waals surface area contributed by atoms with Gasteiger partial charge in [0.05, 0.1) is 21.9 Å². The van der Waals surface area contributed by atoms with Gasteiger partial charge >= 0.3 is 0 Å². The lowest BCUT2D eigenvalue weighted by Gasteiger charge is -2.24. The van der Waals surface area contributed by atoms with Gasteiger partial charge in [-0.1, -0.05) is 6.07 Å². The Morgan fingerprint density at radius 1 is 1.29 bits per heavy atom. The number of ether oxygens (including phenoxy) is 1. The van der Waals surface area contributed by atoms with Crippen molar-refractivity contribution in [2.45, 2.75) is 19.1 Å². The minimum atomic E-state index is -0.438. The largest absolute Gasteiger partial charge is 0.488 e. The van der Waals surface area contributed by atoms with Crippen LogP contribution in [-0.2, 0) is 11.4 Å². The summed E-state index contributed by atoms with van der Waals surface area (Å²) in [6.45, 7) is 0.273. The highest BCUT2D eigenvalue weighted by molar-refractivity contribution is 9.10. The number of hydrogen-bond donors (Lipinski definition) is 1. The standard InChI is InChI=1S/C18H14BrN5O4/c19-14-7-12(15-8-17(25)22-18-20-10-21-23(15)18)3-6-16(14)28-9-11-1-4-13(5-2-11)24(26)27/h1-7,10,15H,8-9H2,(H,20,21,22,25). The topological polar surface area (TPSA) is 112 Å². The van der Waals surface area contributed by atoms with E-state index in [2.05, 4.69) is 31.3 Å². The number of anilines is 1. The number of nitrogens with zero attached hydrogens (tertiary/aromatic N) is 4. The average molecular weight is 444 g/mol. The summed E-state index contributed by atoms with van der Waals surface area (Å²) in [6, 6.07) is 11.5. The third-order valence-corrected chi connectivity index (χ3v) is 5.00. The molecule has 0 fully saturated rings. The van der Waals surface area contributed by atoms with E-state index >= 15 is 0 Å². The molecule has 0 radical (unpaired) electrons. The fourth-order valence-corrected chi connectivity index (χ4v) is 3.49. The molecule has 0 aliphatic carbocycles. The summed E-state index contributed by atoms with van der Waals surface area (Å²) in [5.74, 6) is 0.942. The number of fused-ring (bicyclic) bond motifs is 1. The van der Waals surface area contributed by atoms with Gasteiger partial charge in [0.2, 0.25) is 11.9 Å². The summed E-state index contributed by atoms with van der Waals surface area (Å²) < 4.78 is 8.23.